The standard InChI is InChI=1S/C13H23N3O5/c1-2-21-13(20)10-8-14-6-7-16(10)9-11(17)15-5-3-4-12(18)19/h10,14H,2-9H2,1H3,(H,15,17)(H,18,19). The number of carboxylic acids is 1. The molecule has 0 aromatic heterocycles. The topological polar surface area (TPSA) is 108 Å². The van der Waals surface area contributed by atoms with Gasteiger partial charge in [0.25, 0.3) is 0 Å². The van der Waals surface area contributed by atoms with Gasteiger partial charge >= 0.3 is 11.9 Å². The van der Waals surface area contributed by atoms with Gasteiger partial charge in [-0.25, -0.2) is 0 Å². The lowest BCUT2D eigenvalue weighted by atomic mass is 10.2. The summed E-state index contributed by atoms with van der Waals surface area (Å²) in [5.41, 5.74) is 0. The first kappa shape index (κ1) is 17.4. The van der Waals surface area contributed by atoms with Crippen molar-refractivity contribution in [1.29, 1.82) is 0 Å². The van der Waals surface area contributed by atoms with E-state index in [1.165, 1.54) is 0 Å². The third-order valence-electron chi connectivity index (χ3n) is 3.15. The molecule has 21 heavy (non-hydrogen) atoms. The Morgan fingerprint density at radius 1 is 1.43 bits per heavy atom. The number of carboxylic acid groups (broad SMARTS) is 1. The Hall–Kier alpha value is -1.67. The summed E-state index contributed by atoms with van der Waals surface area (Å²) >= 11 is 0. The van der Waals surface area contributed by atoms with Crippen molar-refractivity contribution in [3.63, 3.8) is 0 Å². The summed E-state index contributed by atoms with van der Waals surface area (Å²) < 4.78 is 5.00. The largest absolute Gasteiger partial charge is 0.481 e. The zero-order valence-corrected chi connectivity index (χ0v) is 12.3. The first-order valence-corrected chi connectivity index (χ1v) is 7.14. The lowest BCUT2D eigenvalue weighted by molar-refractivity contribution is -0.150. The average molecular weight is 301 g/mol. The van der Waals surface area contributed by atoms with E-state index in [9.17, 15) is 14.4 Å². The van der Waals surface area contributed by atoms with E-state index in [-0.39, 0.29) is 24.8 Å². The second kappa shape index (κ2) is 9.30. The molecular weight excluding hydrogens is 278 g/mol. The molecule has 1 unspecified atom stereocenters. The van der Waals surface area contributed by atoms with E-state index in [0.717, 1.165) is 0 Å². The highest BCUT2D eigenvalue weighted by Crippen LogP contribution is 2.05. The molecule has 8 nitrogen and oxygen atoms in total. The van der Waals surface area contributed by atoms with Crippen LogP contribution in [0.2, 0.25) is 0 Å². The molecule has 8 heteroatoms. The maximum absolute atomic E-state index is 11.8. The van der Waals surface area contributed by atoms with Crippen LogP contribution in [0.3, 0.4) is 0 Å². The predicted octanol–water partition coefficient (Wildman–Crippen LogP) is -1.20. The molecule has 1 rings (SSSR count). The number of amides is 1. The predicted molar refractivity (Wildman–Crippen MR) is 74.7 cm³/mol. The Balaban J connectivity index is 2.37. The average Bonchev–Trinajstić information content (AvgIpc) is 2.44. The highest BCUT2D eigenvalue weighted by Gasteiger charge is 2.30. The van der Waals surface area contributed by atoms with Gasteiger partial charge in [-0.2, -0.15) is 0 Å². The Morgan fingerprint density at radius 3 is 2.86 bits per heavy atom. The van der Waals surface area contributed by atoms with Crippen LogP contribution in [0, 0.1) is 0 Å². The van der Waals surface area contributed by atoms with Crippen LogP contribution in [0.5, 0.6) is 0 Å². The second-order valence-electron chi connectivity index (χ2n) is 4.79. The molecule has 1 aliphatic heterocycles. The van der Waals surface area contributed by atoms with E-state index in [1.54, 1.807) is 11.8 Å². The van der Waals surface area contributed by atoms with Gasteiger partial charge in [-0.3, -0.25) is 19.3 Å². The number of piperazine rings is 1. The molecule has 1 amide bonds. The van der Waals surface area contributed by atoms with Gasteiger partial charge in [0.05, 0.1) is 13.2 Å². The van der Waals surface area contributed by atoms with Crippen molar-refractivity contribution in [2.45, 2.75) is 25.8 Å². The Bertz CT molecular complexity index is 375. The Labute approximate surface area is 123 Å². The van der Waals surface area contributed by atoms with Crippen molar-refractivity contribution in [3.8, 4) is 0 Å². The number of ether oxygens (including phenoxy) is 1. The number of nitrogens with one attached hydrogen (secondary N) is 2. The molecule has 0 bridgehead atoms. The lowest BCUT2D eigenvalue weighted by Gasteiger charge is -2.33. The first-order chi connectivity index (χ1) is 10.0. The number of esters is 1. The normalized spacial score (nSPS) is 19.0. The highest BCUT2D eigenvalue weighted by molar-refractivity contribution is 5.80. The Morgan fingerprint density at radius 2 is 2.19 bits per heavy atom. The van der Waals surface area contributed by atoms with Crippen molar-refractivity contribution < 1.29 is 24.2 Å². The molecule has 3 N–H and O–H groups in total. The number of nitrogens with zero attached hydrogens (tertiary/aromatic N) is 1. The summed E-state index contributed by atoms with van der Waals surface area (Å²) in [6.45, 7) is 4.25. The van der Waals surface area contributed by atoms with Crippen LogP contribution < -0.4 is 10.6 Å². The van der Waals surface area contributed by atoms with Crippen molar-refractivity contribution >= 4 is 17.8 Å². The number of aliphatic carboxylic acids is 1. The van der Waals surface area contributed by atoms with Gasteiger partial charge < -0.3 is 20.5 Å². The summed E-state index contributed by atoms with van der Waals surface area (Å²) in [4.78, 5) is 35.8. The van der Waals surface area contributed by atoms with Crippen LogP contribution in [-0.4, -0.2) is 73.2 Å². The van der Waals surface area contributed by atoms with Crippen molar-refractivity contribution in [2.75, 3.05) is 39.3 Å². The summed E-state index contributed by atoms with van der Waals surface area (Å²) in [5.74, 6) is -1.42. The van der Waals surface area contributed by atoms with Crippen LogP contribution >= 0.6 is 0 Å². The number of hydrogen-bond donors (Lipinski definition) is 3. The van der Waals surface area contributed by atoms with Crippen LogP contribution in [0.1, 0.15) is 19.8 Å². The van der Waals surface area contributed by atoms with Crippen LogP contribution in [0.15, 0.2) is 0 Å². The van der Waals surface area contributed by atoms with Gasteiger partial charge in [0.1, 0.15) is 6.04 Å². The molecule has 120 valence electrons. The second-order valence-corrected chi connectivity index (χ2v) is 4.79. The van der Waals surface area contributed by atoms with Gasteiger partial charge in [0.2, 0.25) is 5.91 Å². The maximum Gasteiger partial charge on any atom is 0.324 e. The first-order valence-electron chi connectivity index (χ1n) is 7.14. The smallest absolute Gasteiger partial charge is 0.324 e. The highest BCUT2D eigenvalue weighted by atomic mass is 16.5. The molecule has 1 aliphatic rings. The third kappa shape index (κ3) is 6.54. The summed E-state index contributed by atoms with van der Waals surface area (Å²) in [6.07, 6.45) is 0.420. The van der Waals surface area contributed by atoms with Crippen LogP contribution in [0.25, 0.3) is 0 Å². The summed E-state index contributed by atoms with van der Waals surface area (Å²) in [6, 6.07) is -0.455. The summed E-state index contributed by atoms with van der Waals surface area (Å²) in [7, 11) is 0. The molecule has 1 saturated heterocycles. The van der Waals surface area contributed by atoms with Gasteiger partial charge in [-0.05, 0) is 13.3 Å². The van der Waals surface area contributed by atoms with E-state index in [1.807, 2.05) is 0 Å². The van der Waals surface area contributed by atoms with E-state index in [0.29, 0.717) is 39.2 Å². The number of hydrogen-bond acceptors (Lipinski definition) is 6. The molecule has 1 fully saturated rings. The third-order valence-corrected chi connectivity index (χ3v) is 3.15. The zero-order chi connectivity index (χ0) is 15.7. The number of carbonyl (C=O) groups excluding carboxylic acids is 2. The molecule has 1 heterocycles. The molecule has 0 aromatic carbocycles. The molecule has 0 saturated carbocycles. The quantitative estimate of drug-likeness (QED) is 0.382. The fraction of sp³-hybridized carbons (Fsp3) is 0.769. The molecule has 0 aliphatic carbocycles. The van der Waals surface area contributed by atoms with Crippen molar-refractivity contribution in [1.82, 2.24) is 15.5 Å². The SMILES string of the molecule is CCOC(=O)C1CNCCN1CC(=O)NCCCC(=O)O. The van der Waals surface area contributed by atoms with Crippen molar-refractivity contribution in [2.24, 2.45) is 0 Å². The number of rotatable bonds is 8. The maximum atomic E-state index is 11.8. The minimum absolute atomic E-state index is 0.0271. The summed E-state index contributed by atoms with van der Waals surface area (Å²) in [5, 5.41) is 14.3. The molecular formula is C13H23N3O5. The zero-order valence-electron chi connectivity index (χ0n) is 12.3. The van der Waals surface area contributed by atoms with Crippen LogP contribution in [0.4, 0.5) is 0 Å². The fourth-order valence-electron chi connectivity index (χ4n) is 2.11. The van der Waals surface area contributed by atoms with E-state index >= 15 is 0 Å². The van der Waals surface area contributed by atoms with E-state index < -0.39 is 12.0 Å². The fourth-order valence-corrected chi connectivity index (χ4v) is 2.11. The monoisotopic (exact) mass is 301 g/mol. The minimum atomic E-state index is -0.881. The number of carbonyl (C=O) groups is 3. The Kier molecular flexibility index (Phi) is 7.70. The van der Waals surface area contributed by atoms with E-state index in [4.69, 9.17) is 9.84 Å². The van der Waals surface area contributed by atoms with Gasteiger partial charge in [-0.15, -0.1) is 0 Å². The molecule has 0 aromatic rings. The molecule has 0 radical (unpaired) electrons. The molecule has 1 atom stereocenters. The minimum Gasteiger partial charge on any atom is -0.481 e. The lowest BCUT2D eigenvalue weighted by Crippen LogP contribution is -2.57. The van der Waals surface area contributed by atoms with E-state index in [2.05, 4.69) is 10.6 Å². The molecule has 0 spiro atoms. The van der Waals surface area contributed by atoms with Gasteiger partial charge in [0, 0.05) is 32.6 Å². The van der Waals surface area contributed by atoms with Gasteiger partial charge in [-0.1, -0.05) is 0 Å². The van der Waals surface area contributed by atoms with Gasteiger partial charge in [0.15, 0.2) is 0 Å². The van der Waals surface area contributed by atoms with Crippen LogP contribution in [-0.2, 0) is 19.1 Å². The van der Waals surface area contributed by atoms with Crippen molar-refractivity contribution in [3.05, 3.63) is 0 Å².